The van der Waals surface area contributed by atoms with E-state index in [1.807, 2.05) is 11.8 Å². The standard InChI is InChI=1S/C15H23NS/c1-3-12(2)11-17-15-7-5-4-6-13(15)10-16-14-8-9-14/h4-7,12,14,16H,3,8-11H2,1-2H3. The van der Waals surface area contributed by atoms with Gasteiger partial charge in [0.25, 0.3) is 0 Å². The zero-order valence-electron chi connectivity index (χ0n) is 10.9. The van der Waals surface area contributed by atoms with Gasteiger partial charge in [0, 0.05) is 23.2 Å². The largest absolute Gasteiger partial charge is 0.310 e. The number of rotatable bonds is 7. The monoisotopic (exact) mass is 249 g/mol. The van der Waals surface area contributed by atoms with Crippen LogP contribution < -0.4 is 5.32 Å². The van der Waals surface area contributed by atoms with Gasteiger partial charge < -0.3 is 5.32 Å². The third kappa shape index (κ3) is 4.36. The molecule has 1 aromatic rings. The van der Waals surface area contributed by atoms with Crippen LogP contribution in [0.4, 0.5) is 0 Å². The fourth-order valence-corrected chi connectivity index (χ4v) is 2.88. The molecule has 0 heterocycles. The predicted octanol–water partition coefficient (Wildman–Crippen LogP) is 4.08. The van der Waals surface area contributed by atoms with Crippen molar-refractivity contribution < 1.29 is 0 Å². The lowest BCUT2D eigenvalue weighted by Gasteiger charge is -2.12. The summed E-state index contributed by atoms with van der Waals surface area (Å²) in [5, 5.41) is 3.60. The van der Waals surface area contributed by atoms with E-state index in [0.29, 0.717) is 0 Å². The van der Waals surface area contributed by atoms with Crippen molar-refractivity contribution in [1.82, 2.24) is 5.32 Å². The van der Waals surface area contributed by atoms with Gasteiger partial charge in [0.1, 0.15) is 0 Å². The van der Waals surface area contributed by atoms with Gasteiger partial charge in [0.15, 0.2) is 0 Å². The average Bonchev–Trinajstić information content (AvgIpc) is 3.18. The number of hydrogen-bond donors (Lipinski definition) is 1. The second-order valence-electron chi connectivity index (χ2n) is 5.09. The Bertz CT molecular complexity index is 347. The fraction of sp³-hybridized carbons (Fsp3) is 0.600. The summed E-state index contributed by atoms with van der Waals surface area (Å²) in [6.45, 7) is 5.64. The fourth-order valence-electron chi connectivity index (χ4n) is 1.68. The molecule has 0 saturated heterocycles. The first-order valence-electron chi connectivity index (χ1n) is 6.73. The molecule has 1 N–H and O–H groups in total. The van der Waals surface area contributed by atoms with E-state index >= 15 is 0 Å². The van der Waals surface area contributed by atoms with Gasteiger partial charge in [-0.2, -0.15) is 0 Å². The first-order chi connectivity index (χ1) is 8.29. The van der Waals surface area contributed by atoms with Gasteiger partial charge in [-0.1, -0.05) is 38.5 Å². The Morgan fingerprint density at radius 3 is 2.82 bits per heavy atom. The minimum absolute atomic E-state index is 0.794. The van der Waals surface area contributed by atoms with Crippen molar-refractivity contribution >= 4 is 11.8 Å². The summed E-state index contributed by atoms with van der Waals surface area (Å²) in [5.74, 6) is 2.04. The lowest BCUT2D eigenvalue weighted by Crippen LogP contribution is -2.15. The van der Waals surface area contributed by atoms with Crippen molar-refractivity contribution in [2.45, 2.75) is 50.6 Å². The molecule has 0 spiro atoms. The van der Waals surface area contributed by atoms with Gasteiger partial charge in [-0.3, -0.25) is 0 Å². The molecule has 1 aliphatic carbocycles. The van der Waals surface area contributed by atoms with Crippen LogP contribution in [-0.4, -0.2) is 11.8 Å². The van der Waals surface area contributed by atoms with Gasteiger partial charge in [0.2, 0.25) is 0 Å². The molecule has 0 amide bonds. The maximum atomic E-state index is 3.60. The first kappa shape index (κ1) is 13.0. The molecule has 0 radical (unpaired) electrons. The maximum absolute atomic E-state index is 3.60. The van der Waals surface area contributed by atoms with Crippen LogP contribution in [0.15, 0.2) is 29.2 Å². The van der Waals surface area contributed by atoms with Crippen molar-refractivity contribution in [2.75, 3.05) is 5.75 Å². The second kappa shape index (κ2) is 6.46. The van der Waals surface area contributed by atoms with Crippen LogP contribution in [0.2, 0.25) is 0 Å². The average molecular weight is 249 g/mol. The minimum Gasteiger partial charge on any atom is -0.310 e. The highest BCUT2D eigenvalue weighted by Gasteiger charge is 2.20. The summed E-state index contributed by atoms with van der Waals surface area (Å²) in [5.41, 5.74) is 1.47. The molecule has 94 valence electrons. The Balaban J connectivity index is 1.89. The molecule has 17 heavy (non-hydrogen) atoms. The van der Waals surface area contributed by atoms with Crippen LogP contribution in [0.5, 0.6) is 0 Å². The van der Waals surface area contributed by atoms with Crippen molar-refractivity contribution in [3.05, 3.63) is 29.8 Å². The summed E-state index contributed by atoms with van der Waals surface area (Å²) in [6.07, 6.45) is 4.00. The Morgan fingerprint density at radius 2 is 2.12 bits per heavy atom. The smallest absolute Gasteiger partial charge is 0.0219 e. The number of hydrogen-bond acceptors (Lipinski definition) is 2. The van der Waals surface area contributed by atoms with E-state index in [0.717, 1.165) is 18.5 Å². The number of benzene rings is 1. The summed E-state index contributed by atoms with van der Waals surface area (Å²) in [4.78, 5) is 1.46. The Labute approximate surface area is 109 Å². The topological polar surface area (TPSA) is 12.0 Å². The molecule has 1 saturated carbocycles. The zero-order chi connectivity index (χ0) is 12.1. The molecular weight excluding hydrogens is 226 g/mol. The minimum atomic E-state index is 0.794. The number of thioether (sulfide) groups is 1. The number of nitrogens with one attached hydrogen (secondary N) is 1. The van der Waals surface area contributed by atoms with Crippen molar-refractivity contribution in [2.24, 2.45) is 5.92 Å². The molecule has 1 unspecified atom stereocenters. The first-order valence-corrected chi connectivity index (χ1v) is 7.72. The lowest BCUT2D eigenvalue weighted by molar-refractivity contribution is 0.636. The van der Waals surface area contributed by atoms with Crippen LogP contribution >= 0.6 is 11.8 Å². The van der Waals surface area contributed by atoms with E-state index < -0.39 is 0 Å². The Kier molecular flexibility index (Phi) is 4.93. The molecule has 1 fully saturated rings. The molecule has 1 aromatic carbocycles. The molecule has 2 heteroatoms. The maximum Gasteiger partial charge on any atom is 0.0219 e. The molecule has 1 atom stereocenters. The SMILES string of the molecule is CCC(C)CSc1ccccc1CNC1CC1. The highest BCUT2D eigenvalue weighted by Crippen LogP contribution is 2.26. The zero-order valence-corrected chi connectivity index (χ0v) is 11.7. The van der Waals surface area contributed by atoms with Crippen LogP contribution in [-0.2, 0) is 6.54 Å². The van der Waals surface area contributed by atoms with Gasteiger partial charge in [-0.15, -0.1) is 11.8 Å². The van der Waals surface area contributed by atoms with E-state index in [1.54, 1.807) is 0 Å². The van der Waals surface area contributed by atoms with E-state index in [1.165, 1.54) is 35.5 Å². The van der Waals surface area contributed by atoms with Gasteiger partial charge in [-0.25, -0.2) is 0 Å². The summed E-state index contributed by atoms with van der Waals surface area (Å²) >= 11 is 2.01. The summed E-state index contributed by atoms with van der Waals surface area (Å²) < 4.78 is 0. The van der Waals surface area contributed by atoms with Crippen molar-refractivity contribution in [1.29, 1.82) is 0 Å². The Hall–Kier alpha value is -0.470. The summed E-state index contributed by atoms with van der Waals surface area (Å²) in [7, 11) is 0. The molecule has 0 aromatic heterocycles. The summed E-state index contributed by atoms with van der Waals surface area (Å²) in [6, 6.07) is 9.62. The highest BCUT2D eigenvalue weighted by atomic mass is 32.2. The molecule has 1 aliphatic rings. The van der Waals surface area contributed by atoms with E-state index in [4.69, 9.17) is 0 Å². The van der Waals surface area contributed by atoms with Crippen molar-refractivity contribution in [3.8, 4) is 0 Å². The quantitative estimate of drug-likeness (QED) is 0.731. The molecule has 0 bridgehead atoms. The van der Waals surface area contributed by atoms with Gasteiger partial charge >= 0.3 is 0 Å². The molecule has 2 rings (SSSR count). The Morgan fingerprint density at radius 1 is 1.35 bits per heavy atom. The molecular formula is C15H23NS. The third-order valence-electron chi connectivity index (χ3n) is 3.35. The molecule has 0 aliphatic heterocycles. The van der Waals surface area contributed by atoms with Crippen LogP contribution in [0.3, 0.4) is 0 Å². The second-order valence-corrected chi connectivity index (χ2v) is 6.15. The highest BCUT2D eigenvalue weighted by molar-refractivity contribution is 7.99. The van der Waals surface area contributed by atoms with Gasteiger partial charge in [-0.05, 0) is 30.4 Å². The van der Waals surface area contributed by atoms with Crippen LogP contribution in [0, 0.1) is 5.92 Å². The predicted molar refractivity (Wildman–Crippen MR) is 76.5 cm³/mol. The van der Waals surface area contributed by atoms with Gasteiger partial charge in [0.05, 0.1) is 0 Å². The van der Waals surface area contributed by atoms with E-state index in [-0.39, 0.29) is 0 Å². The normalized spacial score (nSPS) is 17.1. The van der Waals surface area contributed by atoms with E-state index in [9.17, 15) is 0 Å². The van der Waals surface area contributed by atoms with Crippen LogP contribution in [0.1, 0.15) is 38.7 Å². The lowest BCUT2D eigenvalue weighted by atomic mass is 10.2. The molecule has 1 nitrogen and oxygen atoms in total. The van der Waals surface area contributed by atoms with Crippen LogP contribution in [0.25, 0.3) is 0 Å². The van der Waals surface area contributed by atoms with E-state index in [2.05, 4.69) is 43.4 Å². The van der Waals surface area contributed by atoms with Crippen molar-refractivity contribution in [3.63, 3.8) is 0 Å². The third-order valence-corrected chi connectivity index (χ3v) is 4.80.